The minimum atomic E-state index is -1.67. The zero-order valence-electron chi connectivity index (χ0n) is 17.9. The molecule has 0 amide bonds. The van der Waals surface area contributed by atoms with Gasteiger partial charge in [-0.3, -0.25) is 14.6 Å². The van der Waals surface area contributed by atoms with Crippen molar-refractivity contribution in [1.82, 2.24) is 24.6 Å². The smallest absolute Gasteiger partial charge is 0.176 e. The van der Waals surface area contributed by atoms with E-state index in [0.717, 1.165) is 12.1 Å². The van der Waals surface area contributed by atoms with Crippen molar-refractivity contribution in [2.75, 3.05) is 39.3 Å². The lowest BCUT2D eigenvalue weighted by molar-refractivity contribution is -0.0314. The highest BCUT2D eigenvalue weighted by atomic mass is 19.1. The highest BCUT2D eigenvalue weighted by molar-refractivity contribution is 5.97. The largest absolute Gasteiger partial charge is 0.382 e. The quantitative estimate of drug-likeness (QED) is 0.520. The maximum Gasteiger partial charge on any atom is 0.176 e. The van der Waals surface area contributed by atoms with Gasteiger partial charge in [0.05, 0.1) is 13.1 Å². The first-order valence-corrected chi connectivity index (χ1v) is 10.6. The van der Waals surface area contributed by atoms with Gasteiger partial charge < -0.3 is 5.11 Å². The van der Waals surface area contributed by atoms with E-state index in [0.29, 0.717) is 31.7 Å². The van der Waals surface area contributed by atoms with Crippen molar-refractivity contribution in [1.29, 1.82) is 0 Å². The Hall–Kier alpha value is -3.08. The number of hydrogen-bond acceptors (Lipinski definition) is 6. The Kier molecular flexibility index (Phi) is 6.87. The number of β-amino-alcohol motifs (C(OH)–C–C–N with tert-alkyl or cyclic N) is 1. The monoisotopic (exact) mass is 459 g/mol. The summed E-state index contributed by atoms with van der Waals surface area (Å²) in [6.07, 6.45) is 2.74. The molecule has 1 N–H and O–H groups in total. The average Bonchev–Trinajstić information content (AvgIpc) is 3.28. The van der Waals surface area contributed by atoms with E-state index in [9.17, 15) is 23.1 Å². The number of benzene rings is 2. The van der Waals surface area contributed by atoms with E-state index in [4.69, 9.17) is 0 Å². The zero-order chi connectivity index (χ0) is 23.4. The molecule has 10 heteroatoms. The third-order valence-corrected chi connectivity index (χ3v) is 5.81. The first-order chi connectivity index (χ1) is 15.8. The first-order valence-electron chi connectivity index (χ1n) is 10.6. The van der Waals surface area contributed by atoms with E-state index < -0.39 is 23.1 Å². The van der Waals surface area contributed by atoms with Crippen molar-refractivity contribution in [3.05, 3.63) is 83.7 Å². The van der Waals surface area contributed by atoms with Crippen LogP contribution in [0.15, 0.2) is 55.1 Å². The summed E-state index contributed by atoms with van der Waals surface area (Å²) in [5.41, 5.74) is -1.24. The molecule has 33 heavy (non-hydrogen) atoms. The summed E-state index contributed by atoms with van der Waals surface area (Å²) in [7, 11) is 0. The molecule has 1 aromatic heterocycles. The molecule has 4 rings (SSSR count). The van der Waals surface area contributed by atoms with Gasteiger partial charge in [0.1, 0.15) is 35.7 Å². The van der Waals surface area contributed by atoms with Crippen LogP contribution in [0, 0.1) is 17.5 Å². The number of hydrogen-bond donors (Lipinski definition) is 1. The van der Waals surface area contributed by atoms with Gasteiger partial charge in [0.2, 0.25) is 0 Å². The van der Waals surface area contributed by atoms with Crippen LogP contribution in [0.5, 0.6) is 0 Å². The molecule has 1 saturated heterocycles. The number of aromatic nitrogens is 3. The molecule has 0 radical (unpaired) electrons. The number of aliphatic hydroxyl groups is 1. The second-order valence-corrected chi connectivity index (χ2v) is 8.23. The van der Waals surface area contributed by atoms with E-state index in [1.807, 2.05) is 9.80 Å². The fourth-order valence-corrected chi connectivity index (χ4v) is 4.08. The molecule has 1 aliphatic heterocycles. The fraction of sp³-hybridized carbons (Fsp3) is 0.348. The summed E-state index contributed by atoms with van der Waals surface area (Å²) in [4.78, 5) is 20.3. The van der Waals surface area contributed by atoms with Crippen LogP contribution in [-0.2, 0) is 12.1 Å². The predicted octanol–water partition coefficient (Wildman–Crippen LogP) is 2.08. The highest BCUT2D eigenvalue weighted by Crippen LogP contribution is 2.28. The maximum absolute atomic E-state index is 14.6. The van der Waals surface area contributed by atoms with Crippen LogP contribution in [0.3, 0.4) is 0 Å². The Morgan fingerprint density at radius 3 is 2.24 bits per heavy atom. The Labute approximate surface area is 189 Å². The van der Waals surface area contributed by atoms with Crippen LogP contribution in [0.2, 0.25) is 0 Å². The number of Topliss-reactive ketones (excluding diaryl/α,β-unsaturated/α-hetero) is 1. The van der Waals surface area contributed by atoms with E-state index in [1.54, 1.807) is 0 Å². The van der Waals surface area contributed by atoms with Crippen molar-refractivity contribution in [3.63, 3.8) is 0 Å². The van der Waals surface area contributed by atoms with Gasteiger partial charge >= 0.3 is 0 Å². The van der Waals surface area contributed by atoms with Crippen molar-refractivity contribution >= 4 is 5.78 Å². The van der Waals surface area contributed by atoms with Crippen LogP contribution in [0.4, 0.5) is 13.2 Å². The molecule has 1 aliphatic rings. The minimum absolute atomic E-state index is 0.0201. The molecule has 0 spiro atoms. The summed E-state index contributed by atoms with van der Waals surface area (Å²) in [6, 6.07) is 8.57. The van der Waals surface area contributed by atoms with Crippen molar-refractivity contribution in [3.8, 4) is 0 Å². The van der Waals surface area contributed by atoms with Gasteiger partial charge in [-0.25, -0.2) is 22.8 Å². The lowest BCUT2D eigenvalue weighted by Gasteiger charge is -2.39. The normalized spacial score (nSPS) is 17.1. The van der Waals surface area contributed by atoms with Crippen LogP contribution in [0.1, 0.15) is 15.9 Å². The van der Waals surface area contributed by atoms with Crippen LogP contribution in [0.25, 0.3) is 0 Å². The number of ketones is 1. The summed E-state index contributed by atoms with van der Waals surface area (Å²) >= 11 is 0. The molecule has 2 aromatic carbocycles. The van der Waals surface area contributed by atoms with Gasteiger partial charge in [-0.2, -0.15) is 5.10 Å². The molecule has 0 saturated carbocycles. The minimum Gasteiger partial charge on any atom is -0.382 e. The van der Waals surface area contributed by atoms with Crippen molar-refractivity contribution < 1.29 is 23.1 Å². The van der Waals surface area contributed by atoms with Gasteiger partial charge in [0.25, 0.3) is 0 Å². The summed E-state index contributed by atoms with van der Waals surface area (Å²) < 4.78 is 42.5. The molecule has 0 bridgehead atoms. The number of piperazine rings is 1. The Morgan fingerprint density at radius 2 is 1.61 bits per heavy atom. The second-order valence-electron chi connectivity index (χ2n) is 8.23. The number of nitrogens with zero attached hydrogens (tertiary/aromatic N) is 5. The Bertz CT molecular complexity index is 1090. The summed E-state index contributed by atoms with van der Waals surface area (Å²) in [5, 5.41) is 15.5. The van der Waals surface area contributed by atoms with E-state index in [-0.39, 0.29) is 31.0 Å². The number of carbonyl (C=O) groups excluding carboxylic acids is 1. The molecule has 7 nitrogen and oxygen atoms in total. The zero-order valence-corrected chi connectivity index (χ0v) is 17.9. The van der Waals surface area contributed by atoms with Crippen LogP contribution in [-0.4, -0.2) is 74.7 Å². The lowest BCUT2D eigenvalue weighted by atomic mass is 9.92. The standard InChI is InChI=1S/C23H24F3N5O2/c24-18-3-1-17(2-4-18)22(32)12-29-7-9-30(10-8-29)13-23(33,14-31-16-27-15-28-31)20-6-5-19(25)11-21(20)26/h1-6,11,15-16,33H,7-10,12-14H2. The second kappa shape index (κ2) is 9.82. The molecule has 0 aliphatic carbocycles. The van der Waals surface area contributed by atoms with E-state index in [2.05, 4.69) is 10.1 Å². The van der Waals surface area contributed by atoms with Crippen LogP contribution < -0.4 is 0 Å². The molecule has 2 heterocycles. The third-order valence-electron chi connectivity index (χ3n) is 5.81. The van der Waals surface area contributed by atoms with Crippen LogP contribution >= 0.6 is 0 Å². The molecular weight excluding hydrogens is 435 g/mol. The fourth-order valence-electron chi connectivity index (χ4n) is 4.08. The van der Waals surface area contributed by atoms with Crippen molar-refractivity contribution in [2.24, 2.45) is 0 Å². The Balaban J connectivity index is 1.41. The van der Waals surface area contributed by atoms with Gasteiger partial charge in [0, 0.05) is 49.9 Å². The highest BCUT2D eigenvalue weighted by Gasteiger charge is 2.36. The Morgan fingerprint density at radius 1 is 0.939 bits per heavy atom. The summed E-state index contributed by atoms with van der Waals surface area (Å²) in [6.45, 7) is 2.46. The average molecular weight is 459 g/mol. The molecule has 1 atom stereocenters. The van der Waals surface area contributed by atoms with Gasteiger partial charge in [0.15, 0.2) is 5.78 Å². The molecule has 3 aromatic rings. The topological polar surface area (TPSA) is 74.5 Å². The van der Waals surface area contributed by atoms with Gasteiger partial charge in [-0.15, -0.1) is 0 Å². The SMILES string of the molecule is O=C(CN1CCN(CC(O)(Cn2cncn2)c2ccc(F)cc2F)CC1)c1ccc(F)cc1. The summed E-state index contributed by atoms with van der Waals surface area (Å²) in [5.74, 6) is -2.05. The maximum atomic E-state index is 14.6. The predicted molar refractivity (Wildman–Crippen MR) is 114 cm³/mol. The number of carbonyl (C=O) groups is 1. The third kappa shape index (κ3) is 5.65. The number of halogens is 3. The van der Waals surface area contributed by atoms with E-state index >= 15 is 0 Å². The van der Waals surface area contributed by atoms with Gasteiger partial charge in [-0.1, -0.05) is 6.07 Å². The van der Waals surface area contributed by atoms with Crippen molar-refractivity contribution in [2.45, 2.75) is 12.1 Å². The molecule has 1 unspecified atom stereocenters. The molecular formula is C23H24F3N5O2. The molecule has 1 fully saturated rings. The van der Waals surface area contributed by atoms with E-state index in [1.165, 1.54) is 47.7 Å². The molecule has 174 valence electrons. The first kappa shape index (κ1) is 23.1. The lowest BCUT2D eigenvalue weighted by Crippen LogP contribution is -2.53. The van der Waals surface area contributed by atoms with Gasteiger partial charge in [-0.05, 0) is 30.3 Å². The number of rotatable bonds is 8.